The Bertz CT molecular complexity index is 588. The molecule has 1 aromatic carbocycles. The molecule has 2 N–H and O–H groups in total. The summed E-state index contributed by atoms with van der Waals surface area (Å²) in [6.07, 6.45) is 4.71. The minimum Gasteiger partial charge on any atom is -0.327 e. The Morgan fingerprint density at radius 1 is 1.35 bits per heavy atom. The molecular weight excluding hydrogens is 248 g/mol. The van der Waals surface area contributed by atoms with E-state index in [2.05, 4.69) is 48.2 Å². The van der Waals surface area contributed by atoms with Crippen molar-refractivity contribution >= 4 is 0 Å². The lowest BCUT2D eigenvalue weighted by Crippen LogP contribution is -2.31. The van der Waals surface area contributed by atoms with E-state index in [1.165, 1.54) is 11.1 Å². The van der Waals surface area contributed by atoms with Gasteiger partial charge in [0.15, 0.2) is 0 Å². The van der Waals surface area contributed by atoms with E-state index in [4.69, 9.17) is 5.73 Å². The molecule has 0 amide bonds. The van der Waals surface area contributed by atoms with Crippen molar-refractivity contribution in [1.29, 1.82) is 0 Å². The molecule has 1 aromatic heterocycles. The fourth-order valence-electron chi connectivity index (χ4n) is 3.24. The molecule has 2 unspecified atom stereocenters. The van der Waals surface area contributed by atoms with Gasteiger partial charge in [0.2, 0.25) is 0 Å². The first-order valence-electron chi connectivity index (χ1n) is 7.38. The lowest BCUT2D eigenvalue weighted by Gasteiger charge is -2.20. The molecule has 2 aromatic rings. The van der Waals surface area contributed by atoms with E-state index in [0.29, 0.717) is 12.0 Å². The summed E-state index contributed by atoms with van der Waals surface area (Å²) in [5.74, 6) is 1.44. The molecule has 4 nitrogen and oxygen atoms in total. The van der Waals surface area contributed by atoms with Crippen molar-refractivity contribution in [2.75, 3.05) is 0 Å². The average Bonchev–Trinajstić information content (AvgIpc) is 3.04. The molecule has 2 atom stereocenters. The second kappa shape index (κ2) is 5.37. The Morgan fingerprint density at radius 2 is 2.15 bits per heavy atom. The van der Waals surface area contributed by atoms with Gasteiger partial charge in [0.25, 0.3) is 0 Å². The van der Waals surface area contributed by atoms with Crippen molar-refractivity contribution in [2.24, 2.45) is 5.73 Å². The van der Waals surface area contributed by atoms with Crippen molar-refractivity contribution in [1.82, 2.24) is 14.8 Å². The number of benzene rings is 1. The molecule has 106 valence electrons. The van der Waals surface area contributed by atoms with Gasteiger partial charge < -0.3 is 5.73 Å². The number of nitrogens with two attached hydrogens (primary N) is 1. The van der Waals surface area contributed by atoms with Crippen LogP contribution >= 0.6 is 0 Å². The number of hydrogen-bond acceptors (Lipinski definition) is 3. The highest BCUT2D eigenvalue weighted by Crippen LogP contribution is 2.35. The average molecular weight is 270 g/mol. The van der Waals surface area contributed by atoms with E-state index in [1.807, 2.05) is 4.68 Å². The van der Waals surface area contributed by atoms with Gasteiger partial charge in [-0.15, -0.1) is 0 Å². The lowest BCUT2D eigenvalue weighted by molar-refractivity contribution is 0.463. The van der Waals surface area contributed by atoms with Gasteiger partial charge in [-0.05, 0) is 37.8 Å². The van der Waals surface area contributed by atoms with Gasteiger partial charge in [-0.2, -0.15) is 5.10 Å². The monoisotopic (exact) mass is 270 g/mol. The smallest absolute Gasteiger partial charge is 0.138 e. The molecule has 1 aliphatic rings. The highest BCUT2D eigenvalue weighted by Gasteiger charge is 2.28. The first kappa shape index (κ1) is 13.3. The van der Waals surface area contributed by atoms with Crippen LogP contribution in [-0.4, -0.2) is 20.8 Å². The third-order valence-electron chi connectivity index (χ3n) is 4.25. The minimum atomic E-state index is 0.111. The fraction of sp³-hybridized carbons (Fsp3) is 0.500. The second-order valence-electron chi connectivity index (χ2n) is 5.93. The zero-order valence-corrected chi connectivity index (χ0v) is 12.2. The summed E-state index contributed by atoms with van der Waals surface area (Å²) in [6.45, 7) is 4.24. The van der Waals surface area contributed by atoms with Crippen LogP contribution in [0.2, 0.25) is 0 Å². The van der Waals surface area contributed by atoms with Gasteiger partial charge in [-0.1, -0.05) is 24.3 Å². The first-order valence-corrected chi connectivity index (χ1v) is 7.38. The van der Waals surface area contributed by atoms with Crippen molar-refractivity contribution < 1.29 is 0 Å². The third-order valence-corrected chi connectivity index (χ3v) is 4.25. The number of fused-ring (bicyclic) bond motifs is 1. The normalized spacial score (nSPS) is 19.3. The molecule has 0 radical (unpaired) electrons. The quantitative estimate of drug-likeness (QED) is 0.928. The van der Waals surface area contributed by atoms with Crippen LogP contribution in [0.4, 0.5) is 0 Å². The summed E-state index contributed by atoms with van der Waals surface area (Å²) < 4.78 is 1.97. The number of aromatic nitrogens is 3. The predicted octanol–water partition coefficient (Wildman–Crippen LogP) is 2.46. The molecule has 0 bridgehead atoms. The molecule has 3 rings (SSSR count). The summed E-state index contributed by atoms with van der Waals surface area (Å²) in [6, 6.07) is 9.11. The zero-order chi connectivity index (χ0) is 14.1. The Hall–Kier alpha value is -1.68. The molecule has 1 heterocycles. The van der Waals surface area contributed by atoms with Crippen LogP contribution in [0.15, 0.2) is 30.6 Å². The highest BCUT2D eigenvalue weighted by atomic mass is 15.3. The number of hydrogen-bond donors (Lipinski definition) is 1. The van der Waals surface area contributed by atoms with Crippen LogP contribution in [0, 0.1) is 0 Å². The van der Waals surface area contributed by atoms with E-state index in [1.54, 1.807) is 6.33 Å². The number of aryl methyl sites for hydroxylation is 1. The van der Waals surface area contributed by atoms with Crippen molar-refractivity contribution in [3.05, 3.63) is 47.5 Å². The van der Waals surface area contributed by atoms with Gasteiger partial charge in [-0.25, -0.2) is 9.67 Å². The number of nitrogens with zero attached hydrogens (tertiary/aromatic N) is 3. The van der Waals surface area contributed by atoms with E-state index in [-0.39, 0.29) is 6.04 Å². The summed E-state index contributed by atoms with van der Waals surface area (Å²) in [7, 11) is 0. The summed E-state index contributed by atoms with van der Waals surface area (Å²) >= 11 is 0. The first-order chi connectivity index (χ1) is 9.66. The maximum Gasteiger partial charge on any atom is 0.138 e. The lowest BCUT2D eigenvalue weighted by atomic mass is 9.91. The molecule has 4 heteroatoms. The van der Waals surface area contributed by atoms with Crippen molar-refractivity contribution in [3.63, 3.8) is 0 Å². The number of rotatable bonds is 4. The maximum atomic E-state index is 6.47. The van der Waals surface area contributed by atoms with Crippen molar-refractivity contribution in [3.8, 4) is 0 Å². The van der Waals surface area contributed by atoms with Crippen LogP contribution in [-0.2, 0) is 12.8 Å². The van der Waals surface area contributed by atoms with Crippen LogP contribution in [0.1, 0.15) is 49.2 Å². The molecule has 20 heavy (non-hydrogen) atoms. The van der Waals surface area contributed by atoms with Crippen LogP contribution in [0.25, 0.3) is 0 Å². The Morgan fingerprint density at radius 3 is 2.95 bits per heavy atom. The minimum absolute atomic E-state index is 0.111. The van der Waals surface area contributed by atoms with Crippen LogP contribution < -0.4 is 5.73 Å². The Balaban J connectivity index is 1.78. The van der Waals surface area contributed by atoms with Gasteiger partial charge >= 0.3 is 0 Å². The Labute approximate surface area is 120 Å². The summed E-state index contributed by atoms with van der Waals surface area (Å²) in [5, 5.41) is 4.29. The van der Waals surface area contributed by atoms with E-state index >= 15 is 0 Å². The molecule has 0 saturated carbocycles. The standard InChI is InChI=1S/C16H22N4/c1-11(2)20-16(18-10-19-20)9-15(17)14-8-7-12-5-3-4-6-13(12)14/h3-6,10-11,14-15H,7-9,17H2,1-2H3. The largest absolute Gasteiger partial charge is 0.327 e. The van der Waals surface area contributed by atoms with E-state index in [9.17, 15) is 0 Å². The highest BCUT2D eigenvalue weighted by molar-refractivity contribution is 5.36. The third kappa shape index (κ3) is 2.36. The molecule has 0 aliphatic heterocycles. The summed E-state index contributed by atoms with van der Waals surface area (Å²) in [5.41, 5.74) is 9.36. The van der Waals surface area contributed by atoms with Gasteiger partial charge in [-0.3, -0.25) is 0 Å². The van der Waals surface area contributed by atoms with Gasteiger partial charge in [0.1, 0.15) is 12.2 Å². The Kier molecular flexibility index (Phi) is 3.57. The molecule has 1 aliphatic carbocycles. The van der Waals surface area contributed by atoms with Crippen LogP contribution in [0.3, 0.4) is 0 Å². The van der Waals surface area contributed by atoms with Crippen molar-refractivity contribution in [2.45, 2.75) is 51.1 Å². The fourth-order valence-corrected chi connectivity index (χ4v) is 3.24. The molecule has 0 saturated heterocycles. The second-order valence-corrected chi connectivity index (χ2v) is 5.93. The maximum absolute atomic E-state index is 6.47. The SMILES string of the molecule is CC(C)n1ncnc1CC(N)C1CCc2ccccc21. The van der Waals surface area contributed by atoms with Crippen LogP contribution in [0.5, 0.6) is 0 Å². The van der Waals surface area contributed by atoms with E-state index in [0.717, 1.165) is 25.1 Å². The van der Waals surface area contributed by atoms with E-state index < -0.39 is 0 Å². The summed E-state index contributed by atoms with van der Waals surface area (Å²) in [4.78, 5) is 4.38. The molecular formula is C16H22N4. The predicted molar refractivity (Wildman–Crippen MR) is 79.6 cm³/mol. The van der Waals surface area contributed by atoms with Gasteiger partial charge in [0.05, 0.1) is 0 Å². The topological polar surface area (TPSA) is 56.7 Å². The molecule has 0 fully saturated rings. The zero-order valence-electron chi connectivity index (χ0n) is 12.2. The van der Waals surface area contributed by atoms with Gasteiger partial charge in [0, 0.05) is 24.4 Å². The molecule has 0 spiro atoms.